The third-order valence-electron chi connectivity index (χ3n) is 4.20. The van der Waals surface area contributed by atoms with Crippen molar-refractivity contribution >= 4 is 11.6 Å². The van der Waals surface area contributed by atoms with Crippen molar-refractivity contribution in [2.24, 2.45) is 0 Å². The van der Waals surface area contributed by atoms with E-state index in [0.717, 1.165) is 37.3 Å². The Labute approximate surface area is 133 Å². The number of pyridine rings is 1. The van der Waals surface area contributed by atoms with Gasteiger partial charge in [-0.15, -0.1) is 0 Å². The zero-order valence-corrected chi connectivity index (χ0v) is 12.7. The zero-order valence-electron chi connectivity index (χ0n) is 12.7. The van der Waals surface area contributed by atoms with Crippen LogP contribution in [0.5, 0.6) is 0 Å². The van der Waals surface area contributed by atoms with Gasteiger partial charge in [0.05, 0.1) is 17.6 Å². The second-order valence-corrected chi connectivity index (χ2v) is 5.69. The predicted octanol–water partition coefficient (Wildman–Crippen LogP) is 2.42. The summed E-state index contributed by atoms with van der Waals surface area (Å²) >= 11 is 0. The summed E-state index contributed by atoms with van der Waals surface area (Å²) < 4.78 is 1.69. The lowest BCUT2D eigenvalue weighted by Crippen LogP contribution is -2.35. The topological polar surface area (TPSA) is 63.4 Å². The molecule has 0 radical (unpaired) electrons. The highest BCUT2D eigenvalue weighted by molar-refractivity contribution is 5.99. The first-order chi connectivity index (χ1) is 11.3. The highest BCUT2D eigenvalue weighted by Gasteiger charge is 2.23. The van der Waals surface area contributed by atoms with Crippen LogP contribution in [-0.2, 0) is 0 Å². The maximum absolute atomic E-state index is 12.7. The molecule has 0 spiro atoms. The van der Waals surface area contributed by atoms with E-state index in [0.29, 0.717) is 11.2 Å². The summed E-state index contributed by atoms with van der Waals surface area (Å²) in [4.78, 5) is 23.4. The number of hydrogen-bond acceptors (Lipinski definition) is 4. The van der Waals surface area contributed by atoms with Gasteiger partial charge >= 0.3 is 0 Å². The van der Waals surface area contributed by atoms with Crippen molar-refractivity contribution in [3.05, 3.63) is 48.4 Å². The van der Waals surface area contributed by atoms with Crippen LogP contribution < -0.4 is 0 Å². The van der Waals surface area contributed by atoms with Crippen molar-refractivity contribution in [3.8, 4) is 11.4 Å². The molecule has 6 heteroatoms. The van der Waals surface area contributed by atoms with Crippen LogP contribution in [0.4, 0.5) is 0 Å². The van der Waals surface area contributed by atoms with Gasteiger partial charge in [0.25, 0.3) is 5.91 Å². The summed E-state index contributed by atoms with van der Waals surface area (Å²) in [6.45, 7) is 1.63. The SMILES string of the molecule is O=C(c1cnn2c(-c3ccccn3)ccnc12)N1CCCCC1. The highest BCUT2D eigenvalue weighted by Crippen LogP contribution is 2.20. The molecule has 1 amide bonds. The molecular weight excluding hydrogens is 290 g/mol. The Morgan fingerprint density at radius 3 is 2.65 bits per heavy atom. The fourth-order valence-electron chi connectivity index (χ4n) is 3.02. The van der Waals surface area contributed by atoms with Gasteiger partial charge in [0.15, 0.2) is 5.65 Å². The van der Waals surface area contributed by atoms with Gasteiger partial charge in [-0.05, 0) is 37.5 Å². The molecule has 3 aromatic rings. The van der Waals surface area contributed by atoms with Crippen LogP contribution in [0.25, 0.3) is 17.0 Å². The van der Waals surface area contributed by atoms with E-state index < -0.39 is 0 Å². The monoisotopic (exact) mass is 307 g/mol. The van der Waals surface area contributed by atoms with Crippen LogP contribution in [-0.4, -0.2) is 43.5 Å². The van der Waals surface area contributed by atoms with E-state index in [1.54, 1.807) is 23.1 Å². The van der Waals surface area contributed by atoms with Crippen LogP contribution in [0.3, 0.4) is 0 Å². The lowest BCUT2D eigenvalue weighted by Gasteiger charge is -2.26. The average molecular weight is 307 g/mol. The minimum atomic E-state index is 0.0189. The molecule has 0 aromatic carbocycles. The second-order valence-electron chi connectivity index (χ2n) is 5.69. The number of likely N-dealkylation sites (tertiary alicyclic amines) is 1. The van der Waals surface area contributed by atoms with Crippen molar-refractivity contribution in [3.63, 3.8) is 0 Å². The molecule has 0 aliphatic carbocycles. The van der Waals surface area contributed by atoms with Crippen LogP contribution in [0.1, 0.15) is 29.6 Å². The van der Waals surface area contributed by atoms with Gasteiger partial charge in [0, 0.05) is 25.5 Å². The molecule has 0 unspecified atom stereocenters. The zero-order chi connectivity index (χ0) is 15.6. The maximum atomic E-state index is 12.7. The lowest BCUT2D eigenvalue weighted by atomic mass is 10.1. The lowest BCUT2D eigenvalue weighted by molar-refractivity contribution is 0.0726. The van der Waals surface area contributed by atoms with Gasteiger partial charge in [-0.1, -0.05) is 6.07 Å². The summed E-state index contributed by atoms with van der Waals surface area (Å²) in [5.74, 6) is 0.0189. The molecule has 116 valence electrons. The molecule has 1 aliphatic heterocycles. The summed E-state index contributed by atoms with van der Waals surface area (Å²) in [6.07, 6.45) is 8.39. The number of piperidine rings is 1. The number of rotatable bonds is 2. The maximum Gasteiger partial charge on any atom is 0.259 e. The average Bonchev–Trinajstić information content (AvgIpc) is 3.06. The first-order valence-electron chi connectivity index (χ1n) is 7.88. The van der Waals surface area contributed by atoms with Crippen molar-refractivity contribution < 1.29 is 4.79 Å². The molecule has 0 saturated carbocycles. The van der Waals surface area contributed by atoms with Gasteiger partial charge in [-0.3, -0.25) is 9.78 Å². The highest BCUT2D eigenvalue weighted by atomic mass is 16.2. The molecule has 0 bridgehead atoms. The fourth-order valence-corrected chi connectivity index (χ4v) is 3.02. The van der Waals surface area contributed by atoms with E-state index in [1.165, 1.54) is 6.42 Å². The number of carbonyl (C=O) groups is 1. The van der Waals surface area contributed by atoms with Crippen LogP contribution in [0.15, 0.2) is 42.9 Å². The Bertz CT molecular complexity index is 837. The predicted molar refractivity (Wildman–Crippen MR) is 86.0 cm³/mol. The molecule has 4 rings (SSSR count). The Morgan fingerprint density at radius 1 is 1.00 bits per heavy atom. The molecule has 1 fully saturated rings. The summed E-state index contributed by atoms with van der Waals surface area (Å²) in [7, 11) is 0. The number of amides is 1. The summed E-state index contributed by atoms with van der Waals surface area (Å²) in [5, 5.41) is 4.38. The Morgan fingerprint density at radius 2 is 1.87 bits per heavy atom. The first-order valence-corrected chi connectivity index (χ1v) is 7.88. The normalized spacial score (nSPS) is 15.0. The Balaban J connectivity index is 1.77. The second kappa shape index (κ2) is 5.79. The number of aromatic nitrogens is 4. The molecule has 3 aromatic heterocycles. The van der Waals surface area contributed by atoms with E-state index in [-0.39, 0.29) is 5.91 Å². The third-order valence-corrected chi connectivity index (χ3v) is 4.20. The molecule has 23 heavy (non-hydrogen) atoms. The molecule has 4 heterocycles. The molecule has 0 atom stereocenters. The molecule has 1 saturated heterocycles. The van der Waals surface area contributed by atoms with Crippen LogP contribution in [0, 0.1) is 0 Å². The fraction of sp³-hybridized carbons (Fsp3) is 0.294. The summed E-state index contributed by atoms with van der Waals surface area (Å²) in [5.41, 5.74) is 2.78. The smallest absolute Gasteiger partial charge is 0.259 e. The van der Waals surface area contributed by atoms with E-state index in [9.17, 15) is 4.79 Å². The first kappa shape index (κ1) is 13.9. The van der Waals surface area contributed by atoms with Gasteiger partial charge in [0.2, 0.25) is 0 Å². The molecule has 0 N–H and O–H groups in total. The summed E-state index contributed by atoms with van der Waals surface area (Å²) in [6, 6.07) is 7.58. The molecule has 1 aliphatic rings. The van der Waals surface area contributed by atoms with E-state index in [4.69, 9.17) is 0 Å². The number of carbonyl (C=O) groups excluding carboxylic acids is 1. The number of hydrogen-bond donors (Lipinski definition) is 0. The van der Waals surface area contributed by atoms with Gasteiger partial charge in [0.1, 0.15) is 5.56 Å². The Kier molecular flexibility index (Phi) is 3.49. The minimum absolute atomic E-state index is 0.0189. The Hall–Kier alpha value is -2.76. The number of nitrogens with zero attached hydrogens (tertiary/aromatic N) is 5. The quantitative estimate of drug-likeness (QED) is 0.729. The van der Waals surface area contributed by atoms with Crippen LogP contribution in [0.2, 0.25) is 0 Å². The minimum Gasteiger partial charge on any atom is -0.338 e. The van der Waals surface area contributed by atoms with Gasteiger partial charge in [-0.2, -0.15) is 5.10 Å². The number of fused-ring (bicyclic) bond motifs is 1. The van der Waals surface area contributed by atoms with Crippen molar-refractivity contribution in [1.29, 1.82) is 0 Å². The largest absolute Gasteiger partial charge is 0.338 e. The van der Waals surface area contributed by atoms with Gasteiger partial charge < -0.3 is 4.90 Å². The standard InChI is InChI=1S/C17H17N5O/c23-17(21-10-4-1-5-11-21)13-12-20-22-15(7-9-19-16(13)22)14-6-2-3-8-18-14/h2-3,6-9,12H,1,4-5,10-11H2. The van der Waals surface area contributed by atoms with Crippen molar-refractivity contribution in [2.75, 3.05) is 13.1 Å². The van der Waals surface area contributed by atoms with Crippen molar-refractivity contribution in [2.45, 2.75) is 19.3 Å². The molecular formula is C17H17N5O. The third kappa shape index (κ3) is 2.46. The van der Waals surface area contributed by atoms with Crippen molar-refractivity contribution in [1.82, 2.24) is 24.5 Å². The molecule has 6 nitrogen and oxygen atoms in total. The van der Waals surface area contributed by atoms with E-state index in [1.807, 2.05) is 29.2 Å². The van der Waals surface area contributed by atoms with Crippen LogP contribution >= 0.6 is 0 Å². The van der Waals surface area contributed by atoms with Gasteiger partial charge in [-0.25, -0.2) is 9.50 Å². The van der Waals surface area contributed by atoms with E-state index in [2.05, 4.69) is 15.1 Å². The van der Waals surface area contributed by atoms with E-state index >= 15 is 0 Å².